The molecule has 0 atom stereocenters. The second-order valence-electron chi connectivity index (χ2n) is 7.00. The third-order valence-electron chi connectivity index (χ3n) is 5.04. The molecule has 2 heterocycles. The number of nitrogens with two attached hydrogens (primary N) is 2. The molecule has 1 aliphatic carbocycles. The lowest BCUT2D eigenvalue weighted by Gasteiger charge is -2.32. The summed E-state index contributed by atoms with van der Waals surface area (Å²) in [5.74, 6) is -0.00149. The van der Waals surface area contributed by atoms with Crippen LogP contribution in [0.3, 0.4) is 0 Å². The molecule has 1 aliphatic heterocycles. The molecule has 2 fully saturated rings. The molecule has 0 unspecified atom stereocenters. The van der Waals surface area contributed by atoms with Crippen molar-refractivity contribution in [3.05, 3.63) is 23.0 Å². The lowest BCUT2D eigenvalue weighted by molar-refractivity contribution is -0.131. The number of hydrogen-bond acceptors (Lipinski definition) is 4. The van der Waals surface area contributed by atoms with E-state index in [4.69, 9.17) is 11.5 Å². The maximum Gasteiger partial charge on any atom is 0.268 e. The van der Waals surface area contributed by atoms with Crippen molar-refractivity contribution in [2.24, 2.45) is 11.1 Å². The number of rotatable bonds is 4. The first-order valence-electron chi connectivity index (χ1n) is 8.37. The molecule has 3 rings (SSSR count). The van der Waals surface area contributed by atoms with Crippen molar-refractivity contribution in [2.75, 3.05) is 25.4 Å². The third-order valence-corrected chi connectivity index (χ3v) is 5.04. The van der Waals surface area contributed by atoms with Gasteiger partial charge < -0.3 is 26.7 Å². The first-order valence-corrected chi connectivity index (χ1v) is 8.37. The van der Waals surface area contributed by atoms with Crippen LogP contribution in [0.4, 0.5) is 5.82 Å². The number of nitrogen functional groups attached to an aromatic ring is 1. The minimum atomic E-state index is -0.347. The van der Waals surface area contributed by atoms with Crippen LogP contribution in [0.25, 0.3) is 6.08 Å². The van der Waals surface area contributed by atoms with Gasteiger partial charge in [0.05, 0.1) is 6.54 Å². The second-order valence-corrected chi connectivity index (χ2v) is 7.00. The number of nitrogens with one attached hydrogen (secondary N) is 2. The van der Waals surface area contributed by atoms with Crippen molar-refractivity contribution < 1.29 is 9.59 Å². The predicted octanol–water partition coefficient (Wildman–Crippen LogP) is 1.05. The van der Waals surface area contributed by atoms with Crippen LogP contribution >= 0.6 is 0 Å². The van der Waals surface area contributed by atoms with Crippen molar-refractivity contribution in [3.63, 3.8) is 0 Å². The van der Waals surface area contributed by atoms with Crippen molar-refractivity contribution in [1.29, 1.82) is 0 Å². The quantitative estimate of drug-likeness (QED) is 0.659. The molecule has 24 heavy (non-hydrogen) atoms. The van der Waals surface area contributed by atoms with Crippen molar-refractivity contribution in [1.82, 2.24) is 15.2 Å². The summed E-state index contributed by atoms with van der Waals surface area (Å²) in [5, 5.41) is 2.66. The molecule has 1 spiro atoms. The maximum absolute atomic E-state index is 12.2. The zero-order chi connectivity index (χ0) is 17.3. The number of aromatic amines is 1. The summed E-state index contributed by atoms with van der Waals surface area (Å²) in [6.45, 7) is 3.35. The summed E-state index contributed by atoms with van der Waals surface area (Å²) >= 11 is 0. The fourth-order valence-electron chi connectivity index (χ4n) is 3.24. The van der Waals surface area contributed by atoms with E-state index in [9.17, 15) is 9.59 Å². The third kappa shape index (κ3) is 3.55. The van der Waals surface area contributed by atoms with Gasteiger partial charge in [-0.15, -0.1) is 0 Å². The number of aromatic nitrogens is 1. The average Bonchev–Trinajstić information content (AvgIpc) is 3.20. The van der Waals surface area contributed by atoms with E-state index < -0.39 is 0 Å². The van der Waals surface area contributed by atoms with Gasteiger partial charge in [-0.25, -0.2) is 0 Å². The van der Waals surface area contributed by atoms with Crippen LogP contribution in [0.5, 0.6) is 0 Å². The van der Waals surface area contributed by atoms with Crippen molar-refractivity contribution in [3.8, 4) is 0 Å². The van der Waals surface area contributed by atoms with Crippen LogP contribution in [0.1, 0.15) is 48.7 Å². The number of carbonyl (C=O) groups excluding carboxylic acids is 2. The minimum Gasteiger partial charge on any atom is -0.402 e. The van der Waals surface area contributed by atoms with Crippen molar-refractivity contribution >= 4 is 23.7 Å². The number of H-pyrrole nitrogens is 1. The number of likely N-dealkylation sites (tertiary alicyclic amines) is 1. The molecule has 0 radical (unpaired) electrons. The van der Waals surface area contributed by atoms with Gasteiger partial charge in [0.2, 0.25) is 5.91 Å². The number of anilines is 1. The summed E-state index contributed by atoms with van der Waals surface area (Å²) in [6.07, 6.45) is 6.48. The molecule has 0 aromatic carbocycles. The Bertz CT molecular complexity index is 673. The fraction of sp³-hybridized carbons (Fsp3) is 0.529. The van der Waals surface area contributed by atoms with Crippen molar-refractivity contribution in [2.45, 2.75) is 32.6 Å². The minimum absolute atomic E-state index is 0.00580. The Labute approximate surface area is 141 Å². The van der Waals surface area contributed by atoms with Crippen LogP contribution in [0, 0.1) is 5.41 Å². The molecule has 1 saturated heterocycles. The van der Waals surface area contributed by atoms with Crippen LogP contribution < -0.4 is 16.8 Å². The van der Waals surface area contributed by atoms with Crippen LogP contribution in [-0.4, -0.2) is 41.3 Å². The zero-order valence-electron chi connectivity index (χ0n) is 14.0. The van der Waals surface area contributed by atoms with Crippen LogP contribution in [0.2, 0.25) is 0 Å². The Morgan fingerprint density at radius 2 is 2.00 bits per heavy atom. The van der Waals surface area contributed by atoms with Gasteiger partial charge in [0.15, 0.2) is 0 Å². The molecule has 1 saturated carbocycles. The van der Waals surface area contributed by atoms with Gasteiger partial charge in [-0.3, -0.25) is 9.59 Å². The topological polar surface area (TPSA) is 117 Å². The summed E-state index contributed by atoms with van der Waals surface area (Å²) in [4.78, 5) is 29.1. The maximum atomic E-state index is 12.2. The molecule has 7 heteroatoms. The number of carbonyl (C=O) groups is 2. The van der Waals surface area contributed by atoms with E-state index in [1.165, 1.54) is 12.8 Å². The summed E-state index contributed by atoms with van der Waals surface area (Å²) < 4.78 is 0. The van der Waals surface area contributed by atoms with E-state index in [1.807, 2.05) is 4.90 Å². The Morgan fingerprint density at radius 1 is 1.33 bits per heavy atom. The van der Waals surface area contributed by atoms with E-state index in [2.05, 4.69) is 10.3 Å². The Kier molecular flexibility index (Phi) is 4.26. The molecular formula is C17H25N5O2. The molecule has 130 valence electrons. The molecular weight excluding hydrogens is 306 g/mol. The van der Waals surface area contributed by atoms with E-state index in [-0.39, 0.29) is 18.4 Å². The van der Waals surface area contributed by atoms with E-state index in [0.29, 0.717) is 28.2 Å². The van der Waals surface area contributed by atoms with Gasteiger partial charge >= 0.3 is 0 Å². The first-order chi connectivity index (χ1) is 11.4. The Hall–Kier alpha value is -2.44. The molecule has 7 nitrogen and oxygen atoms in total. The SMILES string of the molecule is C/C(N)=C/c1cc(C(=O)NCC(=O)N2CCC3(CC2)CC3)[nH]c1N. The van der Waals surface area contributed by atoms with Crippen LogP contribution in [-0.2, 0) is 4.79 Å². The summed E-state index contributed by atoms with van der Waals surface area (Å²) in [7, 11) is 0. The molecule has 2 amide bonds. The molecule has 2 aliphatic rings. The highest BCUT2D eigenvalue weighted by molar-refractivity contribution is 5.96. The average molecular weight is 331 g/mol. The Balaban J connectivity index is 1.51. The highest BCUT2D eigenvalue weighted by atomic mass is 16.2. The fourth-order valence-corrected chi connectivity index (χ4v) is 3.24. The van der Waals surface area contributed by atoms with E-state index >= 15 is 0 Å². The van der Waals surface area contributed by atoms with E-state index in [1.54, 1.807) is 19.1 Å². The van der Waals surface area contributed by atoms with Crippen LogP contribution in [0.15, 0.2) is 11.8 Å². The number of allylic oxidation sites excluding steroid dienone is 1. The Morgan fingerprint density at radius 3 is 2.58 bits per heavy atom. The number of amides is 2. The zero-order valence-corrected chi connectivity index (χ0v) is 14.0. The standard InChI is InChI=1S/C17H25N5O2/c1-11(18)8-12-9-13(21-15(12)19)16(24)20-10-14(23)22-6-4-17(2-3-17)5-7-22/h8-9,21H,2-7,10,18-19H2,1H3,(H,20,24)/b11-8-. The normalized spacial score (nSPS) is 19.4. The smallest absolute Gasteiger partial charge is 0.268 e. The molecule has 1 aromatic heterocycles. The van der Waals surface area contributed by atoms with Gasteiger partial charge in [0.25, 0.3) is 5.91 Å². The first kappa shape index (κ1) is 16.4. The molecule has 6 N–H and O–H groups in total. The summed E-state index contributed by atoms with van der Waals surface area (Å²) in [6, 6.07) is 1.63. The monoisotopic (exact) mass is 331 g/mol. The number of piperidine rings is 1. The van der Waals surface area contributed by atoms with Gasteiger partial charge in [0.1, 0.15) is 11.5 Å². The van der Waals surface area contributed by atoms with E-state index in [0.717, 1.165) is 25.9 Å². The van der Waals surface area contributed by atoms with Gasteiger partial charge in [-0.2, -0.15) is 0 Å². The largest absolute Gasteiger partial charge is 0.402 e. The van der Waals surface area contributed by atoms with Gasteiger partial charge in [0, 0.05) is 24.4 Å². The number of hydrogen-bond donors (Lipinski definition) is 4. The van der Waals surface area contributed by atoms with Gasteiger partial charge in [-0.1, -0.05) is 0 Å². The van der Waals surface area contributed by atoms with Gasteiger partial charge in [-0.05, 0) is 50.2 Å². The number of nitrogens with zero attached hydrogens (tertiary/aromatic N) is 1. The second kappa shape index (κ2) is 6.22. The summed E-state index contributed by atoms with van der Waals surface area (Å²) in [5.41, 5.74) is 13.6. The highest BCUT2D eigenvalue weighted by Gasteiger charge is 2.44. The highest BCUT2D eigenvalue weighted by Crippen LogP contribution is 2.53. The molecule has 1 aromatic rings. The molecule has 0 bridgehead atoms. The lowest BCUT2D eigenvalue weighted by atomic mass is 9.94. The predicted molar refractivity (Wildman–Crippen MR) is 92.9 cm³/mol. The lowest BCUT2D eigenvalue weighted by Crippen LogP contribution is -2.44.